The molecule has 4 rings (SSSR count). The highest BCUT2D eigenvalue weighted by Crippen LogP contribution is 2.31. The fourth-order valence-electron chi connectivity index (χ4n) is 2.68. The van der Waals surface area contributed by atoms with Gasteiger partial charge >= 0.3 is 6.18 Å². The van der Waals surface area contributed by atoms with Crippen molar-refractivity contribution in [2.45, 2.75) is 13.1 Å². The van der Waals surface area contributed by atoms with Crippen molar-refractivity contribution in [3.8, 4) is 23.1 Å². The first-order valence-electron chi connectivity index (χ1n) is 8.22. The Labute approximate surface area is 157 Å². The van der Waals surface area contributed by atoms with Gasteiger partial charge < -0.3 is 0 Å². The third kappa shape index (κ3) is 3.42. The fraction of sp³-hybridized carbons (Fsp3) is 0.100. The average molecular weight is 379 g/mol. The summed E-state index contributed by atoms with van der Waals surface area (Å²) in [5, 5.41) is 4.28. The quantitative estimate of drug-likeness (QED) is 0.471. The number of halogens is 3. The van der Waals surface area contributed by atoms with E-state index < -0.39 is 11.7 Å². The number of alkyl halides is 3. The van der Waals surface area contributed by atoms with Crippen molar-refractivity contribution in [3.63, 3.8) is 0 Å². The molecule has 0 saturated heterocycles. The number of fused-ring (bicyclic) bond motifs is 1. The molecule has 0 unspecified atom stereocenters. The number of nitrogens with zero attached hydrogens (tertiary/aromatic N) is 5. The van der Waals surface area contributed by atoms with Gasteiger partial charge in [-0.3, -0.25) is 0 Å². The first-order valence-corrected chi connectivity index (χ1v) is 8.22. The lowest BCUT2D eigenvalue weighted by molar-refractivity contribution is -0.137. The fourth-order valence-corrected chi connectivity index (χ4v) is 2.68. The molecule has 4 aromatic rings. The molecule has 0 saturated carbocycles. The van der Waals surface area contributed by atoms with Crippen LogP contribution in [0.2, 0.25) is 0 Å². The molecule has 0 radical (unpaired) electrons. The smallest absolute Gasteiger partial charge is 0.244 e. The van der Waals surface area contributed by atoms with Crippen molar-refractivity contribution in [2.75, 3.05) is 0 Å². The maximum Gasteiger partial charge on any atom is 0.416 e. The van der Waals surface area contributed by atoms with E-state index in [2.05, 4.69) is 31.9 Å². The Balaban J connectivity index is 1.76. The summed E-state index contributed by atoms with van der Waals surface area (Å²) in [6, 6.07) is 6.67. The summed E-state index contributed by atoms with van der Waals surface area (Å²) < 4.78 is 40.0. The minimum Gasteiger partial charge on any atom is -0.244 e. The topological polar surface area (TPSA) is 56.0 Å². The van der Waals surface area contributed by atoms with Gasteiger partial charge in [-0.05, 0) is 25.1 Å². The van der Waals surface area contributed by atoms with Gasteiger partial charge in [-0.1, -0.05) is 24.0 Å². The van der Waals surface area contributed by atoms with Crippen molar-refractivity contribution in [1.82, 2.24) is 24.6 Å². The lowest BCUT2D eigenvalue weighted by atomic mass is 10.1. The van der Waals surface area contributed by atoms with Crippen LogP contribution in [0.3, 0.4) is 0 Å². The van der Waals surface area contributed by atoms with E-state index in [4.69, 9.17) is 0 Å². The third-order valence-electron chi connectivity index (χ3n) is 4.06. The summed E-state index contributed by atoms with van der Waals surface area (Å²) in [5.41, 5.74) is 2.99. The van der Waals surface area contributed by atoms with Crippen LogP contribution < -0.4 is 0 Å². The summed E-state index contributed by atoms with van der Waals surface area (Å²) >= 11 is 0. The van der Waals surface area contributed by atoms with Gasteiger partial charge in [0, 0.05) is 23.7 Å². The highest BCUT2D eigenvalue weighted by Gasteiger charge is 2.30. The molecule has 0 aliphatic rings. The molecule has 0 aliphatic heterocycles. The van der Waals surface area contributed by atoms with E-state index in [0.29, 0.717) is 28.0 Å². The number of aromatic nitrogens is 5. The van der Waals surface area contributed by atoms with E-state index in [0.717, 1.165) is 17.8 Å². The monoisotopic (exact) mass is 379 g/mol. The molecule has 0 spiro atoms. The second kappa shape index (κ2) is 6.78. The molecular formula is C20H12F3N5. The van der Waals surface area contributed by atoms with Crippen LogP contribution in [0.1, 0.15) is 22.4 Å². The minimum atomic E-state index is -4.37. The molecule has 0 aliphatic carbocycles. The number of hydrogen-bond donors (Lipinski definition) is 0. The summed E-state index contributed by atoms with van der Waals surface area (Å²) in [7, 11) is 0. The molecular weight excluding hydrogens is 367 g/mol. The number of aryl methyl sites for hydroxylation is 1. The summed E-state index contributed by atoms with van der Waals surface area (Å²) in [6.07, 6.45) is 1.83. The molecule has 1 aromatic carbocycles. The summed E-state index contributed by atoms with van der Waals surface area (Å²) in [6.45, 7) is 1.84. The predicted molar refractivity (Wildman–Crippen MR) is 96.2 cm³/mol. The van der Waals surface area contributed by atoms with Crippen LogP contribution in [0.15, 0.2) is 55.2 Å². The van der Waals surface area contributed by atoms with Crippen molar-refractivity contribution in [1.29, 1.82) is 0 Å². The van der Waals surface area contributed by atoms with Gasteiger partial charge in [0.25, 0.3) is 0 Å². The van der Waals surface area contributed by atoms with E-state index >= 15 is 0 Å². The van der Waals surface area contributed by atoms with Crippen LogP contribution in [-0.2, 0) is 6.18 Å². The zero-order chi connectivity index (χ0) is 19.7. The highest BCUT2D eigenvalue weighted by atomic mass is 19.4. The van der Waals surface area contributed by atoms with Crippen LogP contribution in [0.4, 0.5) is 13.2 Å². The molecule has 0 atom stereocenters. The van der Waals surface area contributed by atoms with E-state index in [-0.39, 0.29) is 0 Å². The SMILES string of the molecule is Cc1cc(-c2ccc(C(F)(F)F)cc2)nc2c(C#Cc3cncnc3)cnn12. The van der Waals surface area contributed by atoms with Gasteiger partial charge in [0.1, 0.15) is 6.33 Å². The Morgan fingerprint density at radius 2 is 1.68 bits per heavy atom. The number of rotatable bonds is 1. The lowest BCUT2D eigenvalue weighted by Gasteiger charge is -2.08. The average Bonchev–Trinajstić information content (AvgIpc) is 3.10. The lowest BCUT2D eigenvalue weighted by Crippen LogP contribution is -2.04. The molecule has 3 aromatic heterocycles. The summed E-state index contributed by atoms with van der Waals surface area (Å²) in [5.74, 6) is 5.94. The van der Waals surface area contributed by atoms with Gasteiger partial charge in [0.2, 0.25) is 0 Å². The van der Waals surface area contributed by atoms with E-state index in [1.807, 2.05) is 6.92 Å². The van der Waals surface area contributed by atoms with Crippen molar-refractivity contribution in [3.05, 3.63) is 77.6 Å². The first kappa shape index (κ1) is 17.7. The van der Waals surface area contributed by atoms with E-state index in [9.17, 15) is 13.2 Å². The molecule has 0 amide bonds. The van der Waals surface area contributed by atoms with Gasteiger partial charge in [-0.2, -0.15) is 18.3 Å². The number of benzene rings is 1. The van der Waals surface area contributed by atoms with Crippen LogP contribution in [0.5, 0.6) is 0 Å². The van der Waals surface area contributed by atoms with Crippen molar-refractivity contribution < 1.29 is 13.2 Å². The molecule has 28 heavy (non-hydrogen) atoms. The molecule has 0 bridgehead atoms. The second-order valence-electron chi connectivity index (χ2n) is 6.03. The Bertz CT molecular complexity index is 1200. The molecule has 8 heteroatoms. The van der Waals surface area contributed by atoms with Crippen LogP contribution in [0.25, 0.3) is 16.9 Å². The van der Waals surface area contributed by atoms with Crippen LogP contribution in [-0.4, -0.2) is 24.6 Å². The van der Waals surface area contributed by atoms with Crippen molar-refractivity contribution >= 4 is 5.65 Å². The second-order valence-corrected chi connectivity index (χ2v) is 6.03. The predicted octanol–water partition coefficient (Wildman–Crippen LogP) is 3.91. The molecule has 0 N–H and O–H groups in total. The van der Waals surface area contributed by atoms with Crippen LogP contribution >= 0.6 is 0 Å². The third-order valence-corrected chi connectivity index (χ3v) is 4.06. The molecule has 3 heterocycles. The van der Waals surface area contributed by atoms with Gasteiger partial charge in [0.05, 0.1) is 28.6 Å². The molecule has 0 fully saturated rings. The largest absolute Gasteiger partial charge is 0.416 e. The Hall–Kier alpha value is -3.73. The van der Waals surface area contributed by atoms with E-state index in [1.165, 1.54) is 18.5 Å². The van der Waals surface area contributed by atoms with Gasteiger partial charge in [-0.15, -0.1) is 0 Å². The van der Waals surface area contributed by atoms with Crippen molar-refractivity contribution in [2.24, 2.45) is 0 Å². The summed E-state index contributed by atoms with van der Waals surface area (Å²) in [4.78, 5) is 12.4. The number of hydrogen-bond acceptors (Lipinski definition) is 4. The zero-order valence-electron chi connectivity index (χ0n) is 14.6. The Morgan fingerprint density at radius 1 is 0.964 bits per heavy atom. The normalized spacial score (nSPS) is 11.3. The standard InChI is InChI=1S/C20H12F3N5/c1-13-8-18(15-4-6-17(7-5-15)20(21,22)23)27-19-16(11-26-28(13)19)3-2-14-9-24-12-25-10-14/h4-12H,1H3. The van der Waals surface area contributed by atoms with Gasteiger partial charge in [0.15, 0.2) is 5.65 Å². The molecule has 5 nitrogen and oxygen atoms in total. The maximum atomic E-state index is 12.8. The van der Waals surface area contributed by atoms with Crippen LogP contribution in [0, 0.1) is 18.8 Å². The Morgan fingerprint density at radius 3 is 2.36 bits per heavy atom. The van der Waals surface area contributed by atoms with E-state index in [1.54, 1.807) is 29.2 Å². The highest BCUT2D eigenvalue weighted by molar-refractivity contribution is 5.66. The molecule has 138 valence electrons. The Kier molecular flexibility index (Phi) is 4.28. The maximum absolute atomic E-state index is 12.8. The van der Waals surface area contributed by atoms with Gasteiger partial charge in [-0.25, -0.2) is 19.5 Å². The first-order chi connectivity index (χ1) is 13.4. The minimum absolute atomic E-state index is 0.527. The zero-order valence-corrected chi connectivity index (χ0v) is 14.6.